The van der Waals surface area contributed by atoms with Crippen molar-refractivity contribution in [1.82, 2.24) is 14.5 Å². The van der Waals surface area contributed by atoms with Gasteiger partial charge in [-0.3, -0.25) is 0 Å². The van der Waals surface area contributed by atoms with E-state index >= 15 is 0 Å². The third-order valence-electron chi connectivity index (χ3n) is 3.46. The van der Waals surface area contributed by atoms with Crippen LogP contribution in [0, 0.1) is 6.92 Å². The number of hydrogen-bond acceptors (Lipinski definition) is 4. The highest BCUT2D eigenvalue weighted by Gasteiger charge is 2.11. The first-order valence-electron chi connectivity index (χ1n) is 6.48. The molecule has 0 atom stereocenters. The van der Waals surface area contributed by atoms with Crippen LogP contribution >= 0.6 is 11.6 Å². The Hall–Kier alpha value is -2.27. The fourth-order valence-electron chi connectivity index (χ4n) is 2.31. The van der Waals surface area contributed by atoms with Crippen LogP contribution < -0.4 is 10.1 Å². The number of benzene rings is 1. The van der Waals surface area contributed by atoms with Gasteiger partial charge < -0.3 is 14.6 Å². The lowest BCUT2D eigenvalue weighted by Gasteiger charge is -2.09. The summed E-state index contributed by atoms with van der Waals surface area (Å²) in [4.78, 5) is 8.26. The average Bonchev–Trinajstić information content (AvgIpc) is 2.79. The van der Waals surface area contributed by atoms with Gasteiger partial charge >= 0.3 is 6.01 Å². The molecule has 0 bridgehead atoms. The van der Waals surface area contributed by atoms with E-state index in [1.165, 1.54) is 0 Å². The number of anilines is 2. The Morgan fingerprint density at radius 2 is 2.10 bits per heavy atom. The summed E-state index contributed by atoms with van der Waals surface area (Å²) in [7, 11) is 3.54. The lowest BCUT2D eigenvalue weighted by molar-refractivity contribution is 0.380. The van der Waals surface area contributed by atoms with Crippen molar-refractivity contribution in [3.05, 3.63) is 41.2 Å². The predicted octanol–water partition coefficient (Wildman–Crippen LogP) is 3.68. The molecule has 21 heavy (non-hydrogen) atoms. The first-order chi connectivity index (χ1) is 10.1. The van der Waals surface area contributed by atoms with Gasteiger partial charge in [-0.1, -0.05) is 11.6 Å². The average molecular weight is 303 g/mol. The molecule has 6 heteroatoms. The van der Waals surface area contributed by atoms with Crippen LogP contribution in [-0.2, 0) is 7.05 Å². The number of halogens is 1. The number of nitrogens with zero attached hydrogens (tertiary/aromatic N) is 3. The SMILES string of the molecule is COc1nccc(Nc2ccc(Cl)c3c2cc(C)n3C)n1. The number of methoxy groups -OCH3 is 1. The number of hydrogen-bond donors (Lipinski definition) is 1. The topological polar surface area (TPSA) is 52.0 Å². The second-order valence-electron chi connectivity index (χ2n) is 4.76. The Kier molecular flexibility index (Phi) is 3.43. The molecule has 0 aliphatic heterocycles. The van der Waals surface area contributed by atoms with Gasteiger partial charge in [0.15, 0.2) is 0 Å². The van der Waals surface area contributed by atoms with Crippen molar-refractivity contribution in [3.63, 3.8) is 0 Å². The van der Waals surface area contributed by atoms with Crippen molar-refractivity contribution in [2.75, 3.05) is 12.4 Å². The van der Waals surface area contributed by atoms with Gasteiger partial charge in [0.25, 0.3) is 0 Å². The van der Waals surface area contributed by atoms with Crippen LogP contribution in [0.2, 0.25) is 5.02 Å². The van der Waals surface area contributed by atoms with E-state index in [0.29, 0.717) is 11.8 Å². The monoisotopic (exact) mass is 302 g/mol. The molecule has 0 radical (unpaired) electrons. The minimum absolute atomic E-state index is 0.328. The van der Waals surface area contributed by atoms with Crippen LogP contribution in [0.15, 0.2) is 30.5 Å². The van der Waals surface area contributed by atoms with Gasteiger partial charge in [-0.2, -0.15) is 4.98 Å². The molecule has 3 aromatic rings. The first kappa shape index (κ1) is 13.7. The van der Waals surface area contributed by atoms with E-state index in [-0.39, 0.29) is 0 Å². The summed E-state index contributed by atoms with van der Waals surface area (Å²) in [5.74, 6) is 0.673. The number of aromatic nitrogens is 3. The summed E-state index contributed by atoms with van der Waals surface area (Å²) in [6.45, 7) is 2.05. The highest BCUT2D eigenvalue weighted by Crippen LogP contribution is 2.33. The molecule has 0 amide bonds. The van der Waals surface area contributed by atoms with Crippen LogP contribution in [0.3, 0.4) is 0 Å². The number of aryl methyl sites for hydroxylation is 2. The van der Waals surface area contributed by atoms with Crippen molar-refractivity contribution in [2.45, 2.75) is 6.92 Å². The molecule has 1 aromatic carbocycles. The summed E-state index contributed by atoms with van der Waals surface area (Å²) < 4.78 is 7.11. The Morgan fingerprint density at radius 3 is 2.86 bits per heavy atom. The van der Waals surface area contributed by atoms with Gasteiger partial charge in [-0.15, -0.1) is 0 Å². The normalized spacial score (nSPS) is 10.9. The molecule has 2 heterocycles. The van der Waals surface area contributed by atoms with E-state index in [1.54, 1.807) is 19.4 Å². The van der Waals surface area contributed by atoms with E-state index in [9.17, 15) is 0 Å². The van der Waals surface area contributed by atoms with Crippen LogP contribution in [0.4, 0.5) is 11.5 Å². The Bertz CT molecular complexity index is 813. The predicted molar refractivity (Wildman–Crippen MR) is 84.5 cm³/mol. The van der Waals surface area contributed by atoms with E-state index in [2.05, 4.69) is 25.9 Å². The van der Waals surface area contributed by atoms with Crippen LogP contribution in [0.5, 0.6) is 6.01 Å². The molecule has 0 spiro atoms. The summed E-state index contributed by atoms with van der Waals surface area (Å²) in [5.41, 5.74) is 3.08. The van der Waals surface area contributed by atoms with Gasteiger partial charge in [0.05, 0.1) is 17.6 Å². The molecule has 108 valence electrons. The van der Waals surface area contributed by atoms with E-state index in [4.69, 9.17) is 16.3 Å². The number of nitrogens with one attached hydrogen (secondary N) is 1. The maximum atomic E-state index is 6.30. The molecule has 3 rings (SSSR count). The van der Waals surface area contributed by atoms with Crippen LogP contribution in [0.1, 0.15) is 5.69 Å². The summed E-state index contributed by atoms with van der Waals surface area (Å²) >= 11 is 6.30. The highest BCUT2D eigenvalue weighted by molar-refractivity contribution is 6.35. The summed E-state index contributed by atoms with van der Waals surface area (Å²) in [5, 5.41) is 5.07. The zero-order valence-corrected chi connectivity index (χ0v) is 12.8. The van der Waals surface area contributed by atoms with E-state index in [1.807, 2.05) is 26.1 Å². The molecule has 5 nitrogen and oxygen atoms in total. The number of rotatable bonds is 3. The first-order valence-corrected chi connectivity index (χ1v) is 6.86. The van der Waals surface area contributed by atoms with Crippen molar-refractivity contribution < 1.29 is 4.74 Å². The van der Waals surface area contributed by atoms with Crippen LogP contribution in [0.25, 0.3) is 10.9 Å². The largest absolute Gasteiger partial charge is 0.467 e. The van der Waals surface area contributed by atoms with Crippen LogP contribution in [-0.4, -0.2) is 21.6 Å². The third-order valence-corrected chi connectivity index (χ3v) is 3.77. The minimum atomic E-state index is 0.328. The molecule has 0 saturated carbocycles. The lowest BCUT2D eigenvalue weighted by atomic mass is 10.2. The van der Waals surface area contributed by atoms with Gasteiger partial charge in [0.2, 0.25) is 0 Å². The van der Waals surface area contributed by atoms with Gasteiger partial charge in [0.1, 0.15) is 5.82 Å². The number of fused-ring (bicyclic) bond motifs is 1. The molecule has 1 N–H and O–H groups in total. The summed E-state index contributed by atoms with van der Waals surface area (Å²) in [6, 6.07) is 8.04. The van der Waals surface area contributed by atoms with Gasteiger partial charge in [-0.05, 0) is 31.2 Å². The maximum Gasteiger partial charge on any atom is 0.318 e. The smallest absolute Gasteiger partial charge is 0.318 e. The molecular formula is C15H15ClN4O. The van der Waals surface area contributed by atoms with E-state index < -0.39 is 0 Å². The van der Waals surface area contributed by atoms with Gasteiger partial charge in [-0.25, -0.2) is 4.98 Å². The molecule has 0 aliphatic rings. The standard InChI is InChI=1S/C15H15ClN4O/c1-9-8-10-12(5-4-11(16)14(10)20(9)2)18-13-6-7-17-15(19-13)21-3/h4-8H,1-3H3,(H,17,18,19). The van der Waals surface area contributed by atoms with Crippen molar-refractivity contribution in [3.8, 4) is 6.01 Å². The maximum absolute atomic E-state index is 6.30. The van der Waals surface area contributed by atoms with Crippen molar-refractivity contribution >= 4 is 34.0 Å². The quantitative estimate of drug-likeness (QED) is 0.802. The molecule has 0 unspecified atom stereocenters. The fourth-order valence-corrected chi connectivity index (χ4v) is 2.60. The van der Waals surface area contributed by atoms with Gasteiger partial charge in [0, 0.05) is 30.0 Å². The lowest BCUT2D eigenvalue weighted by Crippen LogP contribution is -1.98. The Morgan fingerprint density at radius 1 is 1.29 bits per heavy atom. The molecule has 2 aromatic heterocycles. The molecule has 0 fully saturated rings. The zero-order valence-electron chi connectivity index (χ0n) is 12.0. The van der Waals surface area contributed by atoms with E-state index in [0.717, 1.165) is 27.3 Å². The molecule has 0 aliphatic carbocycles. The Labute approximate surface area is 127 Å². The minimum Gasteiger partial charge on any atom is -0.467 e. The zero-order chi connectivity index (χ0) is 15.0. The second-order valence-corrected chi connectivity index (χ2v) is 5.16. The highest BCUT2D eigenvalue weighted by atomic mass is 35.5. The number of ether oxygens (including phenoxy) is 1. The second kappa shape index (κ2) is 5.26. The fraction of sp³-hybridized carbons (Fsp3) is 0.200. The Balaban J connectivity index is 2.08. The van der Waals surface area contributed by atoms with Crippen molar-refractivity contribution in [1.29, 1.82) is 0 Å². The van der Waals surface area contributed by atoms with Crippen molar-refractivity contribution in [2.24, 2.45) is 7.05 Å². The molecule has 0 saturated heterocycles. The molecular weight excluding hydrogens is 288 g/mol. The third kappa shape index (κ3) is 2.40. The summed E-state index contributed by atoms with van der Waals surface area (Å²) in [6.07, 6.45) is 1.65.